The van der Waals surface area contributed by atoms with Crippen molar-refractivity contribution < 1.29 is 14.3 Å². The average molecular weight is 418 g/mol. The highest BCUT2D eigenvalue weighted by atomic mass is 16.5. The fourth-order valence-electron chi connectivity index (χ4n) is 3.75. The summed E-state index contributed by atoms with van der Waals surface area (Å²) in [4.78, 5) is 26.3. The number of hydrogen-bond donors (Lipinski definition) is 0. The number of piperazine rings is 1. The summed E-state index contributed by atoms with van der Waals surface area (Å²) in [6.07, 6.45) is 3.36. The van der Waals surface area contributed by atoms with Crippen LogP contribution in [0, 0.1) is 6.92 Å². The molecule has 1 fully saturated rings. The van der Waals surface area contributed by atoms with Gasteiger partial charge in [0.15, 0.2) is 5.82 Å². The summed E-state index contributed by atoms with van der Waals surface area (Å²) in [6, 6.07) is 13.4. The largest absolute Gasteiger partial charge is 0.497 e. The number of para-hydroxylation sites is 2. The number of methoxy groups -OCH3 is 2. The second-order valence-electron chi connectivity index (χ2n) is 7.37. The highest BCUT2D eigenvalue weighted by molar-refractivity contribution is 5.92. The van der Waals surface area contributed by atoms with Crippen LogP contribution in [-0.2, 0) is 4.79 Å². The van der Waals surface area contributed by atoms with Gasteiger partial charge in [-0.1, -0.05) is 12.1 Å². The first kappa shape index (κ1) is 20.7. The van der Waals surface area contributed by atoms with Gasteiger partial charge in [-0.2, -0.15) is 0 Å². The van der Waals surface area contributed by atoms with E-state index in [1.807, 2.05) is 54.3 Å². The minimum atomic E-state index is -0.0224. The van der Waals surface area contributed by atoms with Crippen molar-refractivity contribution >= 4 is 28.8 Å². The van der Waals surface area contributed by atoms with E-state index in [9.17, 15) is 4.79 Å². The zero-order valence-electron chi connectivity index (χ0n) is 18.0. The Labute approximate surface area is 181 Å². The second kappa shape index (κ2) is 9.04. The van der Waals surface area contributed by atoms with E-state index in [1.165, 1.54) is 0 Å². The number of ether oxygens (including phenoxy) is 2. The number of aromatic nitrogens is 2. The van der Waals surface area contributed by atoms with Crippen molar-refractivity contribution in [3.8, 4) is 11.5 Å². The SMILES string of the molecule is COc1ccc(OC)c(/C=C/C(=O)N2CCN(c3nc4ccccc4nc3C)CC2)c1. The van der Waals surface area contributed by atoms with E-state index in [2.05, 4.69) is 9.88 Å². The standard InChI is InChI=1S/C24H26N4O3/c1-17-24(26-21-7-5-4-6-20(21)25-17)28-14-12-27(13-15-28)23(29)11-8-18-16-19(30-2)9-10-22(18)31-3/h4-11,16H,12-15H2,1-3H3/b11-8+. The summed E-state index contributed by atoms with van der Waals surface area (Å²) < 4.78 is 10.6. The number of carbonyl (C=O) groups is 1. The predicted molar refractivity (Wildman–Crippen MR) is 122 cm³/mol. The Hall–Kier alpha value is -3.61. The third-order valence-electron chi connectivity index (χ3n) is 5.45. The lowest BCUT2D eigenvalue weighted by atomic mass is 10.1. The van der Waals surface area contributed by atoms with E-state index in [1.54, 1.807) is 26.4 Å². The molecule has 0 N–H and O–H groups in total. The van der Waals surface area contributed by atoms with Crippen molar-refractivity contribution in [1.29, 1.82) is 0 Å². The molecule has 7 nitrogen and oxygen atoms in total. The van der Waals surface area contributed by atoms with Crippen LogP contribution in [0.2, 0.25) is 0 Å². The molecule has 31 heavy (non-hydrogen) atoms. The molecule has 0 aliphatic carbocycles. The number of aryl methyl sites for hydroxylation is 1. The Morgan fingerprint density at radius 2 is 1.68 bits per heavy atom. The molecule has 1 saturated heterocycles. The van der Waals surface area contributed by atoms with Gasteiger partial charge in [0.05, 0.1) is 30.9 Å². The summed E-state index contributed by atoms with van der Waals surface area (Å²) in [5, 5.41) is 0. The molecule has 3 aromatic rings. The third kappa shape index (κ3) is 4.45. The highest BCUT2D eigenvalue weighted by Crippen LogP contribution is 2.25. The molecule has 1 aromatic heterocycles. The Kier molecular flexibility index (Phi) is 6.02. The highest BCUT2D eigenvalue weighted by Gasteiger charge is 2.22. The number of amides is 1. The maximum atomic E-state index is 12.7. The van der Waals surface area contributed by atoms with Crippen LogP contribution in [0.3, 0.4) is 0 Å². The lowest BCUT2D eigenvalue weighted by Gasteiger charge is -2.35. The molecule has 2 heterocycles. The molecule has 4 rings (SSSR count). The van der Waals surface area contributed by atoms with Crippen LogP contribution in [0.4, 0.5) is 5.82 Å². The molecule has 1 amide bonds. The Bertz CT molecular complexity index is 1120. The van der Waals surface area contributed by atoms with E-state index in [4.69, 9.17) is 14.5 Å². The van der Waals surface area contributed by atoms with Crippen LogP contribution in [0.15, 0.2) is 48.5 Å². The molecule has 1 aliphatic heterocycles. The maximum Gasteiger partial charge on any atom is 0.246 e. The number of nitrogens with zero attached hydrogens (tertiary/aromatic N) is 4. The Balaban J connectivity index is 1.43. The van der Waals surface area contributed by atoms with Crippen molar-refractivity contribution in [2.45, 2.75) is 6.92 Å². The van der Waals surface area contributed by atoms with Gasteiger partial charge in [0.1, 0.15) is 11.5 Å². The van der Waals surface area contributed by atoms with E-state index < -0.39 is 0 Å². The molecule has 0 bridgehead atoms. The lowest BCUT2D eigenvalue weighted by Crippen LogP contribution is -2.48. The van der Waals surface area contributed by atoms with Gasteiger partial charge >= 0.3 is 0 Å². The van der Waals surface area contributed by atoms with Crippen molar-refractivity contribution in [2.75, 3.05) is 45.3 Å². The molecular formula is C24H26N4O3. The minimum Gasteiger partial charge on any atom is -0.497 e. The number of carbonyl (C=O) groups excluding carboxylic acids is 1. The number of benzene rings is 2. The summed E-state index contributed by atoms with van der Waals surface area (Å²) >= 11 is 0. The van der Waals surface area contributed by atoms with Gasteiger partial charge in [0.2, 0.25) is 5.91 Å². The van der Waals surface area contributed by atoms with Crippen molar-refractivity contribution in [3.63, 3.8) is 0 Å². The van der Waals surface area contributed by atoms with Crippen molar-refractivity contribution in [1.82, 2.24) is 14.9 Å². The molecule has 0 spiro atoms. The maximum absolute atomic E-state index is 12.7. The van der Waals surface area contributed by atoms with Crippen LogP contribution in [0.1, 0.15) is 11.3 Å². The van der Waals surface area contributed by atoms with Crippen LogP contribution in [0.25, 0.3) is 17.1 Å². The first-order chi connectivity index (χ1) is 15.1. The van der Waals surface area contributed by atoms with Crippen molar-refractivity contribution in [3.05, 3.63) is 59.8 Å². The number of hydrogen-bond acceptors (Lipinski definition) is 6. The van der Waals surface area contributed by atoms with E-state index in [-0.39, 0.29) is 5.91 Å². The lowest BCUT2D eigenvalue weighted by molar-refractivity contribution is -0.126. The van der Waals surface area contributed by atoms with Crippen LogP contribution < -0.4 is 14.4 Å². The number of anilines is 1. The van der Waals surface area contributed by atoms with Gasteiger partial charge in [0, 0.05) is 37.8 Å². The molecule has 1 aliphatic rings. The summed E-state index contributed by atoms with van der Waals surface area (Å²) in [5.41, 5.74) is 3.49. The summed E-state index contributed by atoms with van der Waals surface area (Å²) in [7, 11) is 3.22. The zero-order valence-corrected chi connectivity index (χ0v) is 18.0. The quantitative estimate of drug-likeness (QED) is 0.592. The van der Waals surface area contributed by atoms with Crippen molar-refractivity contribution in [2.24, 2.45) is 0 Å². The van der Waals surface area contributed by atoms with Gasteiger partial charge in [-0.05, 0) is 43.3 Å². The third-order valence-corrected chi connectivity index (χ3v) is 5.45. The predicted octanol–water partition coefficient (Wildman–Crippen LogP) is 3.32. The van der Waals surface area contributed by atoms with Gasteiger partial charge in [-0.3, -0.25) is 4.79 Å². The minimum absolute atomic E-state index is 0.0224. The molecule has 7 heteroatoms. The van der Waals surface area contributed by atoms with Gasteiger partial charge < -0.3 is 19.3 Å². The van der Waals surface area contributed by atoms with Gasteiger partial charge in [-0.25, -0.2) is 9.97 Å². The van der Waals surface area contributed by atoms with Crippen LogP contribution in [-0.4, -0.2) is 61.2 Å². The molecule has 0 atom stereocenters. The summed E-state index contributed by atoms with van der Waals surface area (Å²) in [6.45, 7) is 4.68. The summed E-state index contributed by atoms with van der Waals surface area (Å²) in [5.74, 6) is 2.28. The van der Waals surface area contributed by atoms with E-state index in [0.29, 0.717) is 24.6 Å². The zero-order chi connectivity index (χ0) is 21.8. The Morgan fingerprint density at radius 1 is 0.968 bits per heavy atom. The topological polar surface area (TPSA) is 67.8 Å². The molecule has 0 saturated carbocycles. The molecule has 0 unspecified atom stereocenters. The number of rotatable bonds is 5. The average Bonchev–Trinajstić information content (AvgIpc) is 2.82. The van der Waals surface area contributed by atoms with Gasteiger partial charge in [-0.15, -0.1) is 0 Å². The van der Waals surface area contributed by atoms with Crippen LogP contribution >= 0.6 is 0 Å². The molecule has 0 radical (unpaired) electrons. The smallest absolute Gasteiger partial charge is 0.246 e. The van der Waals surface area contributed by atoms with Gasteiger partial charge in [0.25, 0.3) is 0 Å². The van der Waals surface area contributed by atoms with Crippen LogP contribution in [0.5, 0.6) is 11.5 Å². The van der Waals surface area contributed by atoms with E-state index in [0.717, 1.165) is 41.2 Å². The molecule has 160 valence electrons. The molecule has 2 aromatic carbocycles. The van der Waals surface area contributed by atoms with E-state index >= 15 is 0 Å². The fraction of sp³-hybridized carbons (Fsp3) is 0.292. The number of fused-ring (bicyclic) bond motifs is 1. The normalized spacial score (nSPS) is 14.3. The Morgan fingerprint density at radius 3 is 2.35 bits per heavy atom. The monoisotopic (exact) mass is 418 g/mol. The fourth-order valence-corrected chi connectivity index (χ4v) is 3.75. The first-order valence-corrected chi connectivity index (χ1v) is 10.3. The molecular weight excluding hydrogens is 392 g/mol. The first-order valence-electron chi connectivity index (χ1n) is 10.3. The second-order valence-corrected chi connectivity index (χ2v) is 7.37.